The Morgan fingerprint density at radius 1 is 0.724 bits per heavy atom. The molecule has 0 amide bonds. The number of hydrogen-bond donors (Lipinski definition) is 0. The van der Waals surface area contributed by atoms with E-state index >= 15 is 0 Å². The van der Waals surface area contributed by atoms with Crippen molar-refractivity contribution in [3.63, 3.8) is 0 Å². The Balaban J connectivity index is 3.60. The first kappa shape index (κ1) is 27.9. The maximum atomic E-state index is 14.0. The van der Waals surface area contributed by atoms with Crippen LogP contribution in [0.3, 0.4) is 0 Å². The van der Waals surface area contributed by atoms with Gasteiger partial charge in [0.2, 0.25) is 0 Å². The van der Waals surface area contributed by atoms with Crippen molar-refractivity contribution >= 4 is 5.97 Å². The smallest absolute Gasteiger partial charge is 0.416 e. The molecule has 0 fully saturated rings. The fourth-order valence-electron chi connectivity index (χ4n) is 3.35. The van der Waals surface area contributed by atoms with Crippen LogP contribution in [0.15, 0.2) is 12.7 Å². The van der Waals surface area contributed by atoms with E-state index in [1.165, 1.54) is 64.2 Å². The Morgan fingerprint density at radius 3 is 1.38 bits per heavy atom. The normalized spacial score (nSPS) is 13.8. The first-order valence-electron chi connectivity index (χ1n) is 11.4. The van der Waals surface area contributed by atoms with Gasteiger partial charge in [-0.05, 0) is 6.42 Å². The van der Waals surface area contributed by atoms with Crippen LogP contribution in [0.1, 0.15) is 116 Å². The molecule has 0 saturated heterocycles. The zero-order chi connectivity index (χ0) is 22.0. The second-order valence-electron chi connectivity index (χ2n) is 7.90. The third kappa shape index (κ3) is 14.5. The Hall–Kier alpha value is -1.07. The number of hydrogen-bond acceptors (Lipinski definition) is 2. The summed E-state index contributed by atoms with van der Waals surface area (Å²) in [4.78, 5) is 11.0. The summed E-state index contributed by atoms with van der Waals surface area (Å²) >= 11 is 0. The molecule has 0 N–H and O–H groups in total. The minimum Gasteiger partial charge on any atom is -0.416 e. The number of ether oxygens (including phenoxy) is 1. The van der Waals surface area contributed by atoms with E-state index in [1.807, 2.05) is 0 Å². The lowest BCUT2D eigenvalue weighted by atomic mass is 10.0. The largest absolute Gasteiger partial charge is 0.460 e. The van der Waals surface area contributed by atoms with E-state index in [-0.39, 0.29) is 6.42 Å². The molecule has 0 radical (unpaired) electrons. The van der Waals surface area contributed by atoms with Gasteiger partial charge in [0.1, 0.15) is 0 Å². The molecular weight excluding hydrogens is 384 g/mol. The Morgan fingerprint density at radius 2 is 1.07 bits per heavy atom. The molecule has 0 aliphatic carbocycles. The molecule has 0 rings (SSSR count). The highest BCUT2D eigenvalue weighted by atomic mass is 19.4. The van der Waals surface area contributed by atoms with Crippen molar-refractivity contribution in [2.75, 3.05) is 0 Å². The monoisotopic (exact) mass is 424 g/mol. The number of carbonyl (C=O) groups is 1. The molecular formula is C23H40F4O2. The number of alkyl halides is 4. The number of unbranched alkanes of at least 4 members (excludes halogenated alkanes) is 15. The van der Waals surface area contributed by atoms with Gasteiger partial charge in [0.05, 0.1) is 0 Å². The maximum absolute atomic E-state index is 14.0. The van der Waals surface area contributed by atoms with Gasteiger partial charge in [0.25, 0.3) is 0 Å². The molecule has 1 atom stereocenters. The predicted molar refractivity (Wildman–Crippen MR) is 110 cm³/mol. The Kier molecular flexibility index (Phi) is 16.1. The summed E-state index contributed by atoms with van der Waals surface area (Å²) in [6.45, 7) is 5.23. The minimum atomic E-state index is -5.23. The summed E-state index contributed by atoms with van der Waals surface area (Å²) in [7, 11) is 0. The van der Waals surface area contributed by atoms with Crippen LogP contribution >= 0.6 is 0 Å². The molecule has 1 unspecified atom stereocenters. The molecule has 0 heterocycles. The predicted octanol–water partition coefficient (Wildman–Crippen LogP) is 8.60. The highest BCUT2D eigenvalue weighted by molar-refractivity contribution is 5.81. The molecule has 0 aromatic rings. The summed E-state index contributed by atoms with van der Waals surface area (Å²) in [5.74, 6) is -5.32. The topological polar surface area (TPSA) is 26.3 Å². The molecule has 172 valence electrons. The quantitative estimate of drug-likeness (QED) is 0.0898. The van der Waals surface area contributed by atoms with Crippen molar-refractivity contribution in [1.82, 2.24) is 0 Å². The summed E-state index contributed by atoms with van der Waals surface area (Å²) in [6, 6.07) is 0. The van der Waals surface area contributed by atoms with Crippen LogP contribution in [0.2, 0.25) is 0 Å². The first-order valence-corrected chi connectivity index (χ1v) is 11.4. The lowest BCUT2D eigenvalue weighted by Gasteiger charge is -2.27. The highest BCUT2D eigenvalue weighted by Crippen LogP contribution is 2.39. The Bertz CT molecular complexity index is 424. The van der Waals surface area contributed by atoms with Gasteiger partial charge in [0, 0.05) is 12.5 Å². The maximum Gasteiger partial charge on any atom is 0.460 e. The molecule has 2 nitrogen and oxygen atoms in total. The summed E-state index contributed by atoms with van der Waals surface area (Å²) < 4.78 is 56.4. The van der Waals surface area contributed by atoms with E-state index in [1.54, 1.807) is 0 Å². The van der Waals surface area contributed by atoms with Crippen LogP contribution in [0.5, 0.6) is 0 Å². The van der Waals surface area contributed by atoms with E-state index in [0.717, 1.165) is 25.7 Å². The zero-order valence-electron chi connectivity index (χ0n) is 18.1. The van der Waals surface area contributed by atoms with Gasteiger partial charge in [-0.25, -0.2) is 4.79 Å². The van der Waals surface area contributed by atoms with Crippen LogP contribution in [0, 0.1) is 0 Å². The number of rotatable bonds is 19. The number of halogens is 4. The molecule has 29 heavy (non-hydrogen) atoms. The van der Waals surface area contributed by atoms with Gasteiger partial charge >= 0.3 is 18.0 Å². The number of esters is 1. The standard InChI is InChI=1S/C23H40F4O2/c1-3-5-6-7-8-9-10-11-12-13-14-15-16-17-18-19-20-22(24,23(25,26)27)29-21(28)4-2/h4H,2-3,5-20H2,1H3. The molecule has 0 aromatic carbocycles. The molecule has 0 spiro atoms. The van der Waals surface area contributed by atoms with Gasteiger partial charge < -0.3 is 4.74 Å². The third-order valence-corrected chi connectivity index (χ3v) is 5.20. The van der Waals surface area contributed by atoms with E-state index in [4.69, 9.17) is 0 Å². The lowest BCUT2D eigenvalue weighted by molar-refractivity contribution is -0.321. The van der Waals surface area contributed by atoms with Crippen LogP contribution in [-0.2, 0) is 9.53 Å². The lowest BCUT2D eigenvalue weighted by Crippen LogP contribution is -2.44. The van der Waals surface area contributed by atoms with Crippen LogP contribution in [0.4, 0.5) is 17.6 Å². The van der Waals surface area contributed by atoms with Gasteiger partial charge in [-0.2, -0.15) is 17.6 Å². The zero-order valence-corrected chi connectivity index (χ0v) is 18.1. The van der Waals surface area contributed by atoms with Crippen molar-refractivity contribution in [1.29, 1.82) is 0 Å². The van der Waals surface area contributed by atoms with Crippen molar-refractivity contribution in [2.45, 2.75) is 128 Å². The van der Waals surface area contributed by atoms with Gasteiger partial charge in [-0.15, -0.1) is 0 Å². The highest BCUT2D eigenvalue weighted by Gasteiger charge is 2.58. The van der Waals surface area contributed by atoms with E-state index < -0.39 is 24.4 Å². The van der Waals surface area contributed by atoms with Crippen LogP contribution in [-0.4, -0.2) is 18.0 Å². The molecule has 0 aliphatic heterocycles. The van der Waals surface area contributed by atoms with Gasteiger partial charge in [-0.1, -0.05) is 110 Å². The average molecular weight is 425 g/mol. The molecule has 6 heteroatoms. The third-order valence-electron chi connectivity index (χ3n) is 5.20. The van der Waals surface area contributed by atoms with Gasteiger partial charge in [0.15, 0.2) is 0 Å². The Labute approximate surface area is 174 Å². The first-order chi connectivity index (χ1) is 13.8. The van der Waals surface area contributed by atoms with Crippen molar-refractivity contribution in [3.8, 4) is 0 Å². The fraction of sp³-hybridized carbons (Fsp3) is 0.870. The van der Waals surface area contributed by atoms with Crippen molar-refractivity contribution in [3.05, 3.63) is 12.7 Å². The van der Waals surface area contributed by atoms with E-state index in [2.05, 4.69) is 18.2 Å². The number of carbonyl (C=O) groups excluding carboxylic acids is 1. The fourth-order valence-corrected chi connectivity index (χ4v) is 3.35. The average Bonchev–Trinajstić information content (AvgIpc) is 2.66. The SMILES string of the molecule is C=CC(=O)OC(F)(CCCCCCCCCCCCCCCCCC)C(F)(F)F. The summed E-state index contributed by atoms with van der Waals surface area (Å²) in [5.41, 5.74) is 0. The van der Waals surface area contributed by atoms with Crippen molar-refractivity contribution < 1.29 is 27.1 Å². The van der Waals surface area contributed by atoms with Crippen LogP contribution in [0.25, 0.3) is 0 Å². The summed E-state index contributed by atoms with van der Waals surface area (Å²) in [5, 5.41) is 0. The van der Waals surface area contributed by atoms with Gasteiger partial charge in [-0.3, -0.25) is 0 Å². The second-order valence-corrected chi connectivity index (χ2v) is 7.90. The van der Waals surface area contributed by atoms with E-state index in [9.17, 15) is 22.4 Å². The molecule has 0 saturated carbocycles. The second kappa shape index (κ2) is 16.7. The van der Waals surface area contributed by atoms with E-state index in [0.29, 0.717) is 12.5 Å². The molecule has 0 aliphatic rings. The summed E-state index contributed by atoms with van der Waals surface area (Å²) in [6.07, 6.45) is 11.9. The van der Waals surface area contributed by atoms with Crippen molar-refractivity contribution in [2.24, 2.45) is 0 Å². The minimum absolute atomic E-state index is 0.0265. The molecule has 0 bridgehead atoms. The van der Waals surface area contributed by atoms with Crippen LogP contribution < -0.4 is 0 Å². The molecule has 0 aromatic heterocycles.